The van der Waals surface area contributed by atoms with Gasteiger partial charge in [-0.05, 0) is 24.1 Å². The van der Waals surface area contributed by atoms with Crippen LogP contribution in [-0.2, 0) is 9.53 Å². The summed E-state index contributed by atoms with van der Waals surface area (Å²) in [6.07, 6.45) is -0.0289. The Labute approximate surface area is 131 Å². The van der Waals surface area contributed by atoms with Crippen LogP contribution in [0.1, 0.15) is 24.5 Å². The zero-order valence-corrected chi connectivity index (χ0v) is 12.4. The van der Waals surface area contributed by atoms with Gasteiger partial charge in [0.15, 0.2) is 0 Å². The maximum Gasteiger partial charge on any atom is 0.315 e. The summed E-state index contributed by atoms with van der Waals surface area (Å²) in [5.41, 5.74) is 0.593. The fraction of sp³-hybridized carbons (Fsp3) is 0.429. The standard InChI is InChI=1S/C14H16ClFN2O4/c15-9-2-1-8(7-10(9)16)13-11(4-6-22-13)18-14(21)17-5-3-12(19)20/h1-2,7,11,13H,3-6H2,(H,19,20)(H2,17,18,21). The van der Waals surface area contributed by atoms with Crippen LogP contribution in [0.25, 0.3) is 0 Å². The summed E-state index contributed by atoms with van der Waals surface area (Å²) in [6, 6.07) is 3.59. The quantitative estimate of drug-likeness (QED) is 0.771. The number of carbonyl (C=O) groups is 2. The zero-order valence-electron chi connectivity index (χ0n) is 11.6. The van der Waals surface area contributed by atoms with Gasteiger partial charge < -0.3 is 20.5 Å². The van der Waals surface area contributed by atoms with Gasteiger partial charge in [-0.25, -0.2) is 9.18 Å². The first-order chi connectivity index (χ1) is 10.5. The van der Waals surface area contributed by atoms with Crippen molar-refractivity contribution in [2.75, 3.05) is 13.2 Å². The first-order valence-electron chi connectivity index (χ1n) is 6.80. The van der Waals surface area contributed by atoms with Crippen LogP contribution >= 0.6 is 11.6 Å². The van der Waals surface area contributed by atoms with Crippen LogP contribution in [0.3, 0.4) is 0 Å². The van der Waals surface area contributed by atoms with Crippen molar-refractivity contribution in [1.82, 2.24) is 10.6 Å². The van der Waals surface area contributed by atoms with Gasteiger partial charge >= 0.3 is 12.0 Å². The molecule has 1 heterocycles. The molecule has 120 valence electrons. The number of halogens is 2. The van der Waals surface area contributed by atoms with E-state index in [1.165, 1.54) is 12.1 Å². The predicted octanol–water partition coefficient (Wildman–Crippen LogP) is 2.08. The summed E-state index contributed by atoms with van der Waals surface area (Å²) in [5, 5.41) is 13.7. The molecular formula is C14H16ClFN2O4. The van der Waals surface area contributed by atoms with Crippen molar-refractivity contribution in [3.63, 3.8) is 0 Å². The van der Waals surface area contributed by atoms with Gasteiger partial charge in [0.25, 0.3) is 0 Å². The molecule has 0 bridgehead atoms. The average Bonchev–Trinajstić information content (AvgIpc) is 2.89. The largest absolute Gasteiger partial charge is 0.481 e. The molecule has 6 nitrogen and oxygen atoms in total. The van der Waals surface area contributed by atoms with Gasteiger partial charge in [0.05, 0.1) is 17.5 Å². The molecule has 1 fully saturated rings. The number of rotatable bonds is 5. The number of urea groups is 1. The Balaban J connectivity index is 1.94. The number of benzene rings is 1. The average molecular weight is 331 g/mol. The molecule has 0 radical (unpaired) electrons. The van der Waals surface area contributed by atoms with Gasteiger partial charge in [0.2, 0.25) is 0 Å². The van der Waals surface area contributed by atoms with E-state index in [-0.39, 0.29) is 24.0 Å². The molecule has 0 aromatic heterocycles. The first-order valence-corrected chi connectivity index (χ1v) is 7.18. The highest BCUT2D eigenvalue weighted by Gasteiger charge is 2.31. The number of aliphatic carboxylic acids is 1. The number of carboxylic acid groups (broad SMARTS) is 1. The maximum absolute atomic E-state index is 13.5. The number of nitrogens with one attached hydrogen (secondary N) is 2. The molecule has 0 aliphatic carbocycles. The number of carbonyl (C=O) groups excluding carboxylic acids is 1. The Hall–Kier alpha value is -1.86. The lowest BCUT2D eigenvalue weighted by Gasteiger charge is -2.20. The molecule has 22 heavy (non-hydrogen) atoms. The molecular weight excluding hydrogens is 315 g/mol. The molecule has 2 unspecified atom stereocenters. The summed E-state index contributed by atoms with van der Waals surface area (Å²) >= 11 is 5.65. The Morgan fingerprint density at radius 2 is 2.23 bits per heavy atom. The smallest absolute Gasteiger partial charge is 0.315 e. The number of hydrogen-bond donors (Lipinski definition) is 3. The van der Waals surface area contributed by atoms with Crippen molar-refractivity contribution < 1.29 is 23.8 Å². The predicted molar refractivity (Wildman–Crippen MR) is 77.3 cm³/mol. The van der Waals surface area contributed by atoms with E-state index in [9.17, 15) is 14.0 Å². The molecule has 1 aliphatic rings. The van der Waals surface area contributed by atoms with E-state index in [4.69, 9.17) is 21.4 Å². The van der Waals surface area contributed by atoms with E-state index < -0.39 is 23.9 Å². The highest BCUT2D eigenvalue weighted by atomic mass is 35.5. The van der Waals surface area contributed by atoms with Crippen LogP contribution in [-0.4, -0.2) is 36.3 Å². The van der Waals surface area contributed by atoms with E-state index in [2.05, 4.69) is 10.6 Å². The Morgan fingerprint density at radius 1 is 1.45 bits per heavy atom. The third-order valence-electron chi connectivity index (χ3n) is 3.30. The second kappa shape index (κ2) is 7.42. The van der Waals surface area contributed by atoms with Gasteiger partial charge in [0.1, 0.15) is 11.9 Å². The fourth-order valence-corrected chi connectivity index (χ4v) is 2.38. The van der Waals surface area contributed by atoms with Crippen LogP contribution in [0.4, 0.5) is 9.18 Å². The summed E-state index contributed by atoms with van der Waals surface area (Å²) in [6.45, 7) is 0.476. The van der Waals surface area contributed by atoms with Crippen molar-refractivity contribution in [3.05, 3.63) is 34.6 Å². The number of hydrogen-bond acceptors (Lipinski definition) is 3. The Morgan fingerprint density at radius 3 is 2.91 bits per heavy atom. The lowest BCUT2D eigenvalue weighted by atomic mass is 10.0. The topological polar surface area (TPSA) is 87.7 Å². The molecule has 0 spiro atoms. The van der Waals surface area contributed by atoms with Crippen molar-refractivity contribution in [2.24, 2.45) is 0 Å². The third-order valence-corrected chi connectivity index (χ3v) is 3.61. The molecule has 3 N–H and O–H groups in total. The Bertz CT molecular complexity index is 570. The van der Waals surface area contributed by atoms with E-state index in [1.54, 1.807) is 6.07 Å². The number of ether oxygens (including phenoxy) is 1. The van der Waals surface area contributed by atoms with Crippen molar-refractivity contribution >= 4 is 23.6 Å². The molecule has 2 rings (SSSR count). The lowest BCUT2D eigenvalue weighted by Crippen LogP contribution is -2.43. The van der Waals surface area contributed by atoms with E-state index in [0.29, 0.717) is 18.6 Å². The zero-order chi connectivity index (χ0) is 16.1. The minimum absolute atomic E-state index is 0.0256. The maximum atomic E-state index is 13.5. The Kier molecular flexibility index (Phi) is 5.57. The summed E-state index contributed by atoms with van der Waals surface area (Å²) in [5.74, 6) is -1.53. The summed E-state index contributed by atoms with van der Waals surface area (Å²) in [4.78, 5) is 22.1. The number of carboxylic acids is 1. The van der Waals surface area contributed by atoms with Crippen molar-refractivity contribution in [3.8, 4) is 0 Å². The van der Waals surface area contributed by atoms with Gasteiger partial charge in [0, 0.05) is 13.2 Å². The highest BCUT2D eigenvalue weighted by molar-refractivity contribution is 6.30. The summed E-state index contributed by atoms with van der Waals surface area (Å²) in [7, 11) is 0. The van der Waals surface area contributed by atoms with Crippen molar-refractivity contribution in [1.29, 1.82) is 0 Å². The monoisotopic (exact) mass is 330 g/mol. The highest BCUT2D eigenvalue weighted by Crippen LogP contribution is 2.30. The van der Waals surface area contributed by atoms with E-state index in [1.807, 2.05) is 0 Å². The third kappa shape index (κ3) is 4.32. The van der Waals surface area contributed by atoms with Crippen LogP contribution in [0.15, 0.2) is 18.2 Å². The normalized spacial score (nSPS) is 20.6. The van der Waals surface area contributed by atoms with Crippen LogP contribution in [0, 0.1) is 5.82 Å². The molecule has 1 saturated heterocycles. The minimum Gasteiger partial charge on any atom is -0.481 e. The van der Waals surface area contributed by atoms with Gasteiger partial charge in [-0.15, -0.1) is 0 Å². The molecule has 1 aromatic rings. The fourth-order valence-electron chi connectivity index (χ4n) is 2.26. The lowest BCUT2D eigenvalue weighted by molar-refractivity contribution is -0.136. The SMILES string of the molecule is O=C(O)CCNC(=O)NC1CCOC1c1ccc(Cl)c(F)c1. The molecule has 1 aromatic carbocycles. The summed E-state index contributed by atoms with van der Waals surface area (Å²) < 4.78 is 19.1. The van der Waals surface area contributed by atoms with E-state index in [0.717, 1.165) is 0 Å². The van der Waals surface area contributed by atoms with Crippen LogP contribution in [0.5, 0.6) is 0 Å². The number of amides is 2. The molecule has 8 heteroatoms. The second-order valence-corrected chi connectivity index (χ2v) is 5.31. The second-order valence-electron chi connectivity index (χ2n) is 4.90. The molecule has 2 amide bonds. The molecule has 1 aliphatic heterocycles. The van der Waals surface area contributed by atoms with Crippen molar-refractivity contribution in [2.45, 2.75) is 25.0 Å². The first kappa shape index (κ1) is 16.5. The molecule has 0 saturated carbocycles. The van der Waals surface area contributed by atoms with Crippen LogP contribution < -0.4 is 10.6 Å². The van der Waals surface area contributed by atoms with Gasteiger partial charge in [-0.2, -0.15) is 0 Å². The van der Waals surface area contributed by atoms with Gasteiger partial charge in [-0.1, -0.05) is 17.7 Å². The van der Waals surface area contributed by atoms with E-state index >= 15 is 0 Å². The molecule has 2 atom stereocenters. The van der Waals surface area contributed by atoms with Crippen LogP contribution in [0.2, 0.25) is 5.02 Å². The van der Waals surface area contributed by atoms with Gasteiger partial charge in [-0.3, -0.25) is 4.79 Å². The minimum atomic E-state index is -0.987.